The van der Waals surface area contributed by atoms with Gasteiger partial charge in [-0.1, -0.05) is 18.2 Å². The van der Waals surface area contributed by atoms with Crippen molar-refractivity contribution in [2.45, 2.75) is 31.5 Å². The number of hydrogen-bond donors (Lipinski definition) is 2. The fourth-order valence-corrected chi connectivity index (χ4v) is 4.23. The van der Waals surface area contributed by atoms with Crippen LogP contribution in [-0.2, 0) is 11.2 Å². The van der Waals surface area contributed by atoms with Crippen LogP contribution >= 0.6 is 0 Å². The number of hydrogen-bond acceptors (Lipinski definition) is 5. The number of β-amino-alcohol motifs (C(OH)–C–C–N with tert-alkyl or cyclic N) is 1. The Kier molecular flexibility index (Phi) is 5.41. The summed E-state index contributed by atoms with van der Waals surface area (Å²) in [5, 5.41) is 13.5. The Hall–Kier alpha value is -3.58. The summed E-state index contributed by atoms with van der Waals surface area (Å²) in [6.07, 6.45) is 2.11. The van der Waals surface area contributed by atoms with Crippen LogP contribution in [0.3, 0.4) is 0 Å². The van der Waals surface area contributed by atoms with E-state index in [1.807, 2.05) is 36.4 Å². The normalized spacial score (nSPS) is 20.4. The lowest BCUT2D eigenvalue weighted by Gasteiger charge is -2.36. The molecule has 0 spiro atoms. The molecule has 1 saturated heterocycles. The van der Waals surface area contributed by atoms with E-state index in [2.05, 4.69) is 5.32 Å². The summed E-state index contributed by atoms with van der Waals surface area (Å²) in [6, 6.07) is 16.6. The van der Waals surface area contributed by atoms with Crippen LogP contribution in [0.25, 0.3) is 11.3 Å². The van der Waals surface area contributed by atoms with Crippen molar-refractivity contribution in [3.63, 3.8) is 0 Å². The maximum absolute atomic E-state index is 12.9. The Balaban J connectivity index is 1.21. The zero-order valence-electron chi connectivity index (χ0n) is 17.5. The first-order valence-electron chi connectivity index (χ1n) is 10.8. The molecule has 0 unspecified atom stereocenters. The third-order valence-electron chi connectivity index (χ3n) is 6.01. The molecule has 7 nitrogen and oxygen atoms in total. The number of anilines is 1. The highest BCUT2D eigenvalue weighted by Crippen LogP contribution is 2.29. The molecular weight excluding hydrogens is 408 g/mol. The molecule has 0 radical (unpaired) electrons. The summed E-state index contributed by atoms with van der Waals surface area (Å²) in [5.41, 5.74) is 3.31. The first-order chi connectivity index (χ1) is 15.6. The molecule has 164 valence electrons. The van der Waals surface area contributed by atoms with Crippen LogP contribution in [0.4, 0.5) is 5.69 Å². The molecule has 2 atom stereocenters. The predicted octanol–water partition coefficient (Wildman–Crippen LogP) is 3.49. The summed E-state index contributed by atoms with van der Waals surface area (Å²) in [5.74, 6) is 1.23. The van der Waals surface area contributed by atoms with E-state index in [0.29, 0.717) is 37.1 Å². The lowest BCUT2D eigenvalue weighted by Crippen LogP contribution is -2.51. The summed E-state index contributed by atoms with van der Waals surface area (Å²) in [4.78, 5) is 26.2. The maximum atomic E-state index is 12.9. The van der Waals surface area contributed by atoms with Crippen LogP contribution in [-0.4, -0.2) is 47.1 Å². The zero-order chi connectivity index (χ0) is 22.1. The number of benzene rings is 2. The number of aliphatic hydroxyl groups is 1. The van der Waals surface area contributed by atoms with Crippen molar-refractivity contribution in [3.05, 3.63) is 72.0 Å². The molecule has 2 amide bonds. The van der Waals surface area contributed by atoms with Crippen molar-refractivity contribution >= 4 is 17.5 Å². The van der Waals surface area contributed by atoms with Crippen molar-refractivity contribution in [1.29, 1.82) is 0 Å². The Morgan fingerprint density at radius 3 is 2.72 bits per heavy atom. The zero-order valence-corrected chi connectivity index (χ0v) is 17.5. The first-order valence-corrected chi connectivity index (χ1v) is 10.8. The molecule has 32 heavy (non-hydrogen) atoms. The van der Waals surface area contributed by atoms with Gasteiger partial charge in [0.05, 0.1) is 12.8 Å². The van der Waals surface area contributed by atoms with Gasteiger partial charge in [-0.05, 0) is 42.3 Å². The summed E-state index contributed by atoms with van der Waals surface area (Å²) < 4.78 is 11.4. The van der Waals surface area contributed by atoms with Crippen molar-refractivity contribution in [1.82, 2.24) is 4.90 Å². The number of rotatable bonds is 4. The van der Waals surface area contributed by atoms with Gasteiger partial charge in [0.15, 0.2) is 0 Å². The Labute approximate surface area is 185 Å². The van der Waals surface area contributed by atoms with Crippen LogP contribution in [0, 0.1) is 0 Å². The molecule has 2 aliphatic heterocycles. The molecular formula is C25H24N2O5. The minimum atomic E-state index is -0.805. The number of carbonyl (C=O) groups excluding carboxylic acids is 2. The lowest BCUT2D eigenvalue weighted by molar-refractivity contribution is -0.116. The topological polar surface area (TPSA) is 92.0 Å². The number of likely N-dealkylation sites (tertiary alicyclic amines) is 1. The molecule has 0 aliphatic carbocycles. The van der Waals surface area contributed by atoms with E-state index in [0.717, 1.165) is 22.6 Å². The number of aryl methyl sites for hydroxylation is 1. The van der Waals surface area contributed by atoms with Crippen molar-refractivity contribution < 1.29 is 23.8 Å². The fourth-order valence-electron chi connectivity index (χ4n) is 4.23. The highest BCUT2D eigenvalue weighted by molar-refractivity contribution is 5.95. The van der Waals surface area contributed by atoms with Crippen molar-refractivity contribution in [2.75, 3.05) is 18.4 Å². The second-order valence-electron chi connectivity index (χ2n) is 8.19. The van der Waals surface area contributed by atoms with Gasteiger partial charge in [-0.2, -0.15) is 0 Å². The average Bonchev–Trinajstić information content (AvgIpc) is 3.35. The van der Waals surface area contributed by atoms with E-state index in [9.17, 15) is 14.7 Å². The maximum Gasteiger partial charge on any atom is 0.253 e. The molecule has 1 aromatic heterocycles. The highest BCUT2D eigenvalue weighted by atomic mass is 16.5. The van der Waals surface area contributed by atoms with E-state index in [4.69, 9.17) is 9.15 Å². The van der Waals surface area contributed by atoms with Gasteiger partial charge in [-0.15, -0.1) is 0 Å². The van der Waals surface area contributed by atoms with Crippen molar-refractivity contribution in [2.24, 2.45) is 0 Å². The van der Waals surface area contributed by atoms with Crippen LogP contribution in [0.2, 0.25) is 0 Å². The second kappa shape index (κ2) is 8.51. The molecule has 0 bridgehead atoms. The standard InChI is InChI=1S/C25H24N2O5/c28-21-15-27(25(30)18-5-3-17(4-6-18)22-2-1-13-31-22)12-11-23(21)32-19-9-7-16-8-10-24(29)26-20(16)14-19/h1-7,9,13-14,21,23,28H,8,10-12,15H2,(H,26,29)/t21-,23-/m1/s1. The average molecular weight is 432 g/mol. The van der Waals surface area contributed by atoms with Gasteiger partial charge in [-0.25, -0.2) is 0 Å². The van der Waals surface area contributed by atoms with Crippen LogP contribution in [0.15, 0.2) is 65.3 Å². The number of amides is 2. The van der Waals surface area contributed by atoms with E-state index in [1.54, 1.807) is 29.4 Å². The monoisotopic (exact) mass is 432 g/mol. The minimum absolute atomic E-state index is 0.00121. The number of fused-ring (bicyclic) bond motifs is 1. The number of nitrogens with one attached hydrogen (secondary N) is 1. The second-order valence-corrected chi connectivity index (χ2v) is 8.19. The summed E-state index contributed by atoms with van der Waals surface area (Å²) >= 11 is 0. The Bertz CT molecular complexity index is 1120. The summed E-state index contributed by atoms with van der Waals surface area (Å²) in [6.45, 7) is 0.688. The third kappa shape index (κ3) is 4.11. The van der Waals surface area contributed by atoms with Gasteiger partial charge in [0, 0.05) is 42.3 Å². The number of piperidine rings is 1. The Morgan fingerprint density at radius 1 is 1.12 bits per heavy atom. The van der Waals surface area contributed by atoms with Crippen LogP contribution in [0.1, 0.15) is 28.8 Å². The van der Waals surface area contributed by atoms with E-state index < -0.39 is 12.2 Å². The van der Waals surface area contributed by atoms with Gasteiger partial charge in [0.2, 0.25) is 5.91 Å². The SMILES string of the molecule is O=C1CCc2ccc(O[C@@H]3CCN(C(=O)c4ccc(-c5ccco5)cc4)C[C@H]3O)cc2N1. The largest absolute Gasteiger partial charge is 0.488 e. The molecule has 3 aromatic rings. The molecule has 2 N–H and O–H groups in total. The molecule has 0 saturated carbocycles. The van der Waals surface area contributed by atoms with Crippen LogP contribution < -0.4 is 10.1 Å². The number of furan rings is 1. The molecule has 2 aromatic carbocycles. The number of aliphatic hydroxyl groups excluding tert-OH is 1. The van der Waals surface area contributed by atoms with E-state index >= 15 is 0 Å². The molecule has 5 rings (SSSR count). The summed E-state index contributed by atoms with van der Waals surface area (Å²) in [7, 11) is 0. The number of carbonyl (C=O) groups is 2. The number of ether oxygens (including phenoxy) is 1. The number of nitrogens with zero attached hydrogens (tertiary/aromatic N) is 1. The molecule has 3 heterocycles. The molecule has 7 heteroatoms. The molecule has 2 aliphatic rings. The smallest absolute Gasteiger partial charge is 0.253 e. The predicted molar refractivity (Wildman–Crippen MR) is 118 cm³/mol. The van der Waals surface area contributed by atoms with Crippen molar-refractivity contribution in [3.8, 4) is 17.1 Å². The fraction of sp³-hybridized carbons (Fsp3) is 0.280. The minimum Gasteiger partial charge on any atom is -0.488 e. The van der Waals surface area contributed by atoms with Gasteiger partial charge < -0.3 is 24.5 Å². The van der Waals surface area contributed by atoms with Crippen LogP contribution in [0.5, 0.6) is 5.75 Å². The third-order valence-corrected chi connectivity index (χ3v) is 6.01. The Morgan fingerprint density at radius 2 is 1.97 bits per heavy atom. The first kappa shape index (κ1) is 20.3. The quantitative estimate of drug-likeness (QED) is 0.659. The van der Waals surface area contributed by atoms with Gasteiger partial charge in [-0.3, -0.25) is 9.59 Å². The lowest BCUT2D eigenvalue weighted by atomic mass is 10.0. The van der Waals surface area contributed by atoms with Gasteiger partial charge in [0.1, 0.15) is 23.7 Å². The molecule has 1 fully saturated rings. The van der Waals surface area contributed by atoms with Gasteiger partial charge >= 0.3 is 0 Å². The highest BCUT2D eigenvalue weighted by Gasteiger charge is 2.32. The van der Waals surface area contributed by atoms with E-state index in [1.165, 1.54) is 0 Å². The van der Waals surface area contributed by atoms with E-state index in [-0.39, 0.29) is 18.4 Å². The van der Waals surface area contributed by atoms with Gasteiger partial charge in [0.25, 0.3) is 5.91 Å².